The predicted octanol–water partition coefficient (Wildman–Crippen LogP) is 3.47. The molecule has 1 saturated heterocycles. The number of hydrogen-bond acceptors (Lipinski definition) is 6. The Kier molecular flexibility index (Phi) is 10.2. The van der Waals surface area contributed by atoms with E-state index < -0.39 is 22.0 Å². The molecule has 0 aliphatic carbocycles. The van der Waals surface area contributed by atoms with Crippen molar-refractivity contribution in [2.45, 2.75) is 31.0 Å². The van der Waals surface area contributed by atoms with Gasteiger partial charge in [-0.1, -0.05) is 54.1 Å². The topological polar surface area (TPSA) is 105 Å². The summed E-state index contributed by atoms with van der Waals surface area (Å²) in [6.07, 6.45) is 0. The van der Waals surface area contributed by atoms with Gasteiger partial charge in [0, 0.05) is 31.2 Å². The van der Waals surface area contributed by atoms with Gasteiger partial charge in [0.05, 0.1) is 18.1 Å². The van der Waals surface area contributed by atoms with Crippen molar-refractivity contribution in [1.29, 1.82) is 0 Å². The number of rotatable bonds is 11. The summed E-state index contributed by atoms with van der Waals surface area (Å²) in [4.78, 5) is 27.9. The average Bonchev–Trinajstić information content (AvgIpc) is 2.99. The molecule has 0 unspecified atom stereocenters. The molecule has 0 bridgehead atoms. The minimum absolute atomic E-state index is 0.140. The van der Waals surface area contributed by atoms with Gasteiger partial charge in [0.1, 0.15) is 11.8 Å². The summed E-state index contributed by atoms with van der Waals surface area (Å²) in [6, 6.07) is 21.7. The molecular weight excluding hydrogens is 554 g/mol. The third-order valence-corrected chi connectivity index (χ3v) is 8.70. The molecule has 9 nitrogen and oxygen atoms in total. The first-order chi connectivity index (χ1) is 19.2. The molecule has 1 fully saturated rings. The van der Waals surface area contributed by atoms with E-state index in [-0.39, 0.29) is 24.0 Å². The number of morpholine rings is 1. The number of halogens is 1. The number of amides is 2. The van der Waals surface area contributed by atoms with Crippen molar-refractivity contribution in [3.05, 3.63) is 95.0 Å². The van der Waals surface area contributed by atoms with Gasteiger partial charge in [0.15, 0.2) is 6.61 Å². The van der Waals surface area contributed by atoms with E-state index in [1.165, 1.54) is 33.5 Å². The SMILES string of the molecule is C[C@@H](C(=O)NCc1ccccc1)N(Cc1ccc(Cl)cc1)C(=O)COc1ccc(S(=O)(=O)N2CCOCC2)cc1. The van der Waals surface area contributed by atoms with Crippen molar-refractivity contribution in [3.63, 3.8) is 0 Å². The molecule has 0 spiro atoms. The van der Waals surface area contributed by atoms with E-state index in [2.05, 4.69) is 5.32 Å². The van der Waals surface area contributed by atoms with E-state index in [1.807, 2.05) is 30.3 Å². The Balaban J connectivity index is 1.41. The van der Waals surface area contributed by atoms with Gasteiger partial charge < -0.3 is 19.7 Å². The van der Waals surface area contributed by atoms with Crippen LogP contribution in [0.4, 0.5) is 0 Å². The molecule has 1 heterocycles. The lowest BCUT2D eigenvalue weighted by Gasteiger charge is -2.29. The summed E-state index contributed by atoms with van der Waals surface area (Å²) in [7, 11) is -3.64. The third kappa shape index (κ3) is 7.82. The largest absolute Gasteiger partial charge is 0.484 e. The first-order valence-electron chi connectivity index (χ1n) is 12.9. The van der Waals surface area contributed by atoms with Crippen LogP contribution >= 0.6 is 11.6 Å². The number of sulfonamides is 1. The lowest BCUT2D eigenvalue weighted by Crippen LogP contribution is -2.48. The van der Waals surface area contributed by atoms with Crippen LogP contribution in [0.5, 0.6) is 5.75 Å². The molecule has 3 aromatic carbocycles. The molecule has 3 aromatic rings. The number of nitrogens with one attached hydrogen (secondary N) is 1. The fourth-order valence-corrected chi connectivity index (χ4v) is 5.71. The van der Waals surface area contributed by atoms with Crippen molar-refractivity contribution >= 4 is 33.4 Å². The van der Waals surface area contributed by atoms with Gasteiger partial charge >= 0.3 is 0 Å². The third-order valence-electron chi connectivity index (χ3n) is 6.54. The maximum absolute atomic E-state index is 13.3. The molecule has 4 rings (SSSR count). The van der Waals surface area contributed by atoms with E-state index in [0.29, 0.717) is 43.6 Å². The van der Waals surface area contributed by atoms with E-state index in [9.17, 15) is 18.0 Å². The number of carbonyl (C=O) groups excluding carboxylic acids is 2. The lowest BCUT2D eigenvalue weighted by atomic mass is 10.1. The Bertz CT molecular complexity index is 1380. The Hall–Kier alpha value is -3.44. The van der Waals surface area contributed by atoms with Crippen LogP contribution in [0.3, 0.4) is 0 Å². The fourth-order valence-electron chi connectivity index (χ4n) is 4.17. The van der Waals surface area contributed by atoms with Crippen molar-refractivity contribution in [1.82, 2.24) is 14.5 Å². The van der Waals surface area contributed by atoms with Crippen LogP contribution in [0.15, 0.2) is 83.8 Å². The van der Waals surface area contributed by atoms with Crippen LogP contribution in [0, 0.1) is 0 Å². The number of nitrogens with zero attached hydrogens (tertiary/aromatic N) is 2. The normalized spacial score (nSPS) is 14.8. The van der Waals surface area contributed by atoms with Gasteiger partial charge in [-0.2, -0.15) is 4.31 Å². The molecule has 0 aromatic heterocycles. The van der Waals surface area contributed by atoms with Crippen LogP contribution in [0.2, 0.25) is 5.02 Å². The van der Waals surface area contributed by atoms with E-state index >= 15 is 0 Å². The van der Waals surface area contributed by atoms with Crippen molar-refractivity contribution in [2.24, 2.45) is 0 Å². The summed E-state index contributed by atoms with van der Waals surface area (Å²) in [5, 5.41) is 3.45. The summed E-state index contributed by atoms with van der Waals surface area (Å²) < 4.78 is 38.0. The second-order valence-corrected chi connectivity index (χ2v) is 11.7. The molecule has 212 valence electrons. The van der Waals surface area contributed by atoms with Gasteiger partial charge in [-0.3, -0.25) is 9.59 Å². The van der Waals surface area contributed by atoms with Crippen LogP contribution in [0.1, 0.15) is 18.1 Å². The molecule has 1 aliphatic heterocycles. The highest BCUT2D eigenvalue weighted by molar-refractivity contribution is 7.89. The summed E-state index contributed by atoms with van der Waals surface area (Å²) in [5.74, 6) is -0.368. The van der Waals surface area contributed by atoms with Crippen LogP contribution in [-0.2, 0) is 37.4 Å². The molecule has 1 atom stereocenters. The molecule has 11 heteroatoms. The minimum atomic E-state index is -3.64. The smallest absolute Gasteiger partial charge is 0.261 e. The van der Waals surface area contributed by atoms with Gasteiger partial charge in [-0.15, -0.1) is 0 Å². The lowest BCUT2D eigenvalue weighted by molar-refractivity contribution is -0.142. The summed E-state index contributed by atoms with van der Waals surface area (Å²) >= 11 is 6.01. The van der Waals surface area contributed by atoms with Crippen molar-refractivity contribution < 1.29 is 27.5 Å². The summed E-state index contributed by atoms with van der Waals surface area (Å²) in [6.45, 7) is 3.17. The van der Waals surface area contributed by atoms with Crippen molar-refractivity contribution in [2.75, 3.05) is 32.9 Å². The second-order valence-electron chi connectivity index (χ2n) is 9.30. The molecule has 40 heavy (non-hydrogen) atoms. The number of hydrogen-bond donors (Lipinski definition) is 1. The molecular formula is C29H32ClN3O6S. The zero-order valence-electron chi connectivity index (χ0n) is 22.2. The summed E-state index contributed by atoms with van der Waals surface area (Å²) in [5.41, 5.74) is 1.75. The predicted molar refractivity (Wildman–Crippen MR) is 151 cm³/mol. The van der Waals surface area contributed by atoms with Crippen LogP contribution in [0.25, 0.3) is 0 Å². The Labute approximate surface area is 239 Å². The van der Waals surface area contributed by atoms with Gasteiger partial charge in [0.25, 0.3) is 5.91 Å². The number of benzene rings is 3. The fraction of sp³-hybridized carbons (Fsp3) is 0.310. The Morgan fingerprint density at radius 1 is 0.975 bits per heavy atom. The Morgan fingerprint density at radius 3 is 2.27 bits per heavy atom. The second kappa shape index (κ2) is 13.8. The highest BCUT2D eigenvalue weighted by atomic mass is 35.5. The zero-order chi connectivity index (χ0) is 28.5. The maximum Gasteiger partial charge on any atom is 0.261 e. The average molecular weight is 586 g/mol. The number of ether oxygens (including phenoxy) is 2. The highest BCUT2D eigenvalue weighted by Crippen LogP contribution is 2.21. The van der Waals surface area contributed by atoms with Crippen molar-refractivity contribution in [3.8, 4) is 5.75 Å². The van der Waals surface area contributed by atoms with Gasteiger partial charge in [-0.05, 0) is 54.4 Å². The number of carbonyl (C=O) groups is 2. The van der Waals surface area contributed by atoms with E-state index in [1.54, 1.807) is 31.2 Å². The quantitative estimate of drug-likeness (QED) is 0.369. The van der Waals surface area contributed by atoms with Crippen LogP contribution < -0.4 is 10.1 Å². The zero-order valence-corrected chi connectivity index (χ0v) is 23.7. The van der Waals surface area contributed by atoms with E-state index in [0.717, 1.165) is 11.1 Å². The van der Waals surface area contributed by atoms with E-state index in [4.69, 9.17) is 21.1 Å². The van der Waals surface area contributed by atoms with Gasteiger partial charge in [-0.25, -0.2) is 8.42 Å². The molecule has 1 aliphatic rings. The molecule has 0 radical (unpaired) electrons. The molecule has 2 amide bonds. The molecule has 1 N–H and O–H groups in total. The first kappa shape index (κ1) is 29.5. The Morgan fingerprint density at radius 2 is 1.62 bits per heavy atom. The highest BCUT2D eigenvalue weighted by Gasteiger charge is 2.28. The standard InChI is InChI=1S/C29H32ClN3O6S/c1-22(29(35)31-19-23-5-3-2-4-6-23)33(20-24-7-9-25(30)10-8-24)28(34)21-39-26-11-13-27(14-12-26)40(36,37)32-15-17-38-18-16-32/h2-14,22H,15-21H2,1H3,(H,31,35)/t22-/m0/s1. The monoisotopic (exact) mass is 585 g/mol. The molecule has 0 saturated carbocycles. The first-order valence-corrected chi connectivity index (χ1v) is 14.7. The minimum Gasteiger partial charge on any atom is -0.484 e. The maximum atomic E-state index is 13.3. The van der Waals surface area contributed by atoms with Gasteiger partial charge in [0.2, 0.25) is 15.9 Å². The van der Waals surface area contributed by atoms with Crippen LogP contribution in [-0.4, -0.2) is 68.4 Å².